The van der Waals surface area contributed by atoms with Crippen LogP contribution in [0.15, 0.2) is 23.1 Å². The lowest BCUT2D eigenvalue weighted by Gasteiger charge is -2.16. The van der Waals surface area contributed by atoms with Crippen molar-refractivity contribution in [3.8, 4) is 5.75 Å². The second-order valence-corrected chi connectivity index (χ2v) is 2.53. The lowest BCUT2D eigenvalue weighted by atomic mass is 10.4. The zero-order valence-corrected chi connectivity index (χ0v) is 7.11. The molecule has 0 unspecified atom stereocenters. The van der Waals surface area contributed by atoms with Gasteiger partial charge in [-0.1, -0.05) is 0 Å². The molecule has 0 aliphatic carbocycles. The van der Waals surface area contributed by atoms with Crippen molar-refractivity contribution in [1.29, 1.82) is 0 Å². The normalized spacial score (nSPS) is 15.7. The van der Waals surface area contributed by atoms with Gasteiger partial charge in [-0.2, -0.15) is 13.2 Å². The highest BCUT2D eigenvalue weighted by atomic mass is 19.4. The Hall–Kier alpha value is -1.46. The zero-order valence-electron chi connectivity index (χ0n) is 9.11. The number of aromatic amines is 1. The smallest absolute Gasteiger partial charge is 0.425 e. The van der Waals surface area contributed by atoms with Crippen LogP contribution >= 0.6 is 0 Å². The van der Waals surface area contributed by atoms with Crippen LogP contribution in [0.4, 0.5) is 13.2 Å². The third-order valence-electron chi connectivity index (χ3n) is 1.40. The molecule has 14 heavy (non-hydrogen) atoms. The third kappa shape index (κ3) is 2.79. The first-order valence-corrected chi connectivity index (χ1v) is 3.65. The van der Waals surface area contributed by atoms with Gasteiger partial charge < -0.3 is 9.72 Å². The average molecular weight is 209 g/mol. The van der Waals surface area contributed by atoms with E-state index in [4.69, 9.17) is 2.74 Å². The van der Waals surface area contributed by atoms with Gasteiger partial charge in [-0.05, 0) is 13.0 Å². The molecule has 0 saturated carbocycles. The van der Waals surface area contributed by atoms with E-state index < -0.39 is 35.7 Å². The number of ether oxygens (including phenoxy) is 1. The Kier molecular flexibility index (Phi) is 2.10. The number of halogens is 3. The molecule has 1 rings (SSSR count). The molecule has 0 aliphatic rings. The molecule has 0 bridgehead atoms. The monoisotopic (exact) mass is 209 g/mol. The quantitative estimate of drug-likeness (QED) is 0.805. The van der Waals surface area contributed by atoms with Crippen LogP contribution in [-0.2, 0) is 0 Å². The van der Waals surface area contributed by atoms with Gasteiger partial charge in [0.15, 0.2) is 6.10 Å². The van der Waals surface area contributed by atoms with E-state index >= 15 is 0 Å². The maximum atomic E-state index is 12.1. The molecule has 78 valence electrons. The molecule has 0 saturated heterocycles. The second kappa shape index (κ2) is 3.73. The molecule has 0 amide bonds. The van der Waals surface area contributed by atoms with Gasteiger partial charge in [0.2, 0.25) is 5.56 Å². The standard InChI is InChI=1S/C8H8F3NO2/c1-5(8(9,10)11)14-6-2-3-7(13)12-4-6/h2-5H,1H3,(H,12,13)/t5-/m0/s1/i2D,3D. The minimum Gasteiger partial charge on any atom is -0.480 e. The minimum absolute atomic E-state index is 0.477. The molecule has 0 aromatic carbocycles. The number of aromatic nitrogens is 1. The molecule has 6 heteroatoms. The molecule has 1 heterocycles. The topological polar surface area (TPSA) is 42.1 Å². The van der Waals surface area contributed by atoms with Crippen LogP contribution < -0.4 is 10.3 Å². The number of pyridine rings is 1. The van der Waals surface area contributed by atoms with Crippen LogP contribution in [0, 0.1) is 0 Å². The van der Waals surface area contributed by atoms with Gasteiger partial charge in [0, 0.05) is 12.2 Å². The molecule has 1 aromatic rings. The average Bonchev–Trinajstić information content (AvgIpc) is 2.17. The minimum atomic E-state index is -4.56. The van der Waals surface area contributed by atoms with E-state index in [0.717, 1.165) is 13.1 Å². The number of hydrogen-bond donors (Lipinski definition) is 1. The fourth-order valence-corrected chi connectivity index (χ4v) is 0.642. The first-order chi connectivity index (χ1) is 7.23. The fraction of sp³-hybridized carbons (Fsp3) is 0.375. The largest absolute Gasteiger partial charge is 0.480 e. The number of alkyl halides is 3. The van der Waals surface area contributed by atoms with Crippen molar-refractivity contribution in [3.05, 3.63) is 28.6 Å². The van der Waals surface area contributed by atoms with Gasteiger partial charge in [-0.15, -0.1) is 0 Å². The predicted molar refractivity (Wildman–Crippen MR) is 43.2 cm³/mol. The van der Waals surface area contributed by atoms with Crippen LogP contribution in [0.2, 0.25) is 0 Å². The van der Waals surface area contributed by atoms with Crippen LogP contribution in [0.1, 0.15) is 9.67 Å². The van der Waals surface area contributed by atoms with Crippen molar-refractivity contribution in [2.75, 3.05) is 0 Å². The summed E-state index contributed by atoms with van der Waals surface area (Å²) in [6, 6.07) is -1.40. The van der Waals surface area contributed by atoms with E-state index in [1.165, 1.54) is 0 Å². The predicted octanol–water partition coefficient (Wildman–Crippen LogP) is 1.70. The molecule has 0 fully saturated rings. The SMILES string of the molecule is [2H]c1c(O[C@@H](C)C(F)(F)F)c[nH]c(=O)c1[2H]. The van der Waals surface area contributed by atoms with E-state index in [-0.39, 0.29) is 0 Å². The molecule has 0 radical (unpaired) electrons. The summed E-state index contributed by atoms with van der Waals surface area (Å²) in [5.41, 5.74) is -0.850. The highest BCUT2D eigenvalue weighted by Crippen LogP contribution is 2.23. The Morgan fingerprint density at radius 1 is 1.57 bits per heavy atom. The summed E-state index contributed by atoms with van der Waals surface area (Å²) >= 11 is 0. The van der Waals surface area contributed by atoms with Gasteiger partial charge in [0.1, 0.15) is 5.75 Å². The summed E-state index contributed by atoms with van der Waals surface area (Å²) in [5, 5.41) is 0. The maximum Gasteiger partial charge on any atom is 0.425 e. The van der Waals surface area contributed by atoms with Crippen molar-refractivity contribution < 1.29 is 20.6 Å². The first-order valence-electron chi connectivity index (χ1n) is 4.65. The molecule has 1 atom stereocenters. The van der Waals surface area contributed by atoms with Gasteiger partial charge in [-0.25, -0.2) is 0 Å². The van der Waals surface area contributed by atoms with Crippen LogP contribution in [0.5, 0.6) is 5.75 Å². The Bertz CT molecular complexity index is 444. The molecular formula is C8H8F3NO2. The molecule has 0 spiro atoms. The number of rotatable bonds is 2. The first kappa shape index (κ1) is 7.90. The van der Waals surface area contributed by atoms with Crippen molar-refractivity contribution in [2.24, 2.45) is 0 Å². The van der Waals surface area contributed by atoms with Crippen molar-refractivity contribution in [2.45, 2.75) is 19.2 Å². The molecular weight excluding hydrogens is 199 g/mol. The van der Waals surface area contributed by atoms with Gasteiger partial charge >= 0.3 is 6.18 Å². The van der Waals surface area contributed by atoms with Crippen molar-refractivity contribution in [1.82, 2.24) is 4.98 Å². The Morgan fingerprint density at radius 2 is 2.21 bits per heavy atom. The number of hydrogen-bond acceptors (Lipinski definition) is 2. The zero-order chi connectivity index (χ0) is 12.5. The van der Waals surface area contributed by atoms with Gasteiger partial charge in [0.25, 0.3) is 0 Å². The summed E-state index contributed by atoms with van der Waals surface area (Å²) in [6.45, 7) is 0.772. The van der Waals surface area contributed by atoms with E-state index in [0.29, 0.717) is 0 Å². The van der Waals surface area contributed by atoms with Crippen LogP contribution in [0.3, 0.4) is 0 Å². The molecule has 1 aromatic heterocycles. The van der Waals surface area contributed by atoms with E-state index in [2.05, 4.69) is 4.74 Å². The third-order valence-corrected chi connectivity index (χ3v) is 1.40. The highest BCUT2D eigenvalue weighted by molar-refractivity contribution is 5.16. The van der Waals surface area contributed by atoms with Gasteiger partial charge in [-0.3, -0.25) is 4.79 Å². The number of nitrogens with one attached hydrogen (secondary N) is 1. The summed E-state index contributed by atoms with van der Waals surface area (Å²) in [7, 11) is 0. The Labute approximate surface area is 80.3 Å². The van der Waals surface area contributed by atoms with E-state index in [1.807, 2.05) is 4.98 Å². The fourth-order valence-electron chi connectivity index (χ4n) is 0.642. The number of H-pyrrole nitrogens is 1. The summed E-state index contributed by atoms with van der Waals surface area (Å²) < 4.78 is 55.2. The summed E-state index contributed by atoms with van der Waals surface area (Å²) in [5.74, 6) is -0.477. The highest BCUT2D eigenvalue weighted by Gasteiger charge is 2.37. The lowest BCUT2D eigenvalue weighted by molar-refractivity contribution is -0.189. The lowest BCUT2D eigenvalue weighted by Crippen LogP contribution is -2.31. The molecule has 0 aliphatic heterocycles. The van der Waals surface area contributed by atoms with Crippen LogP contribution in [-0.4, -0.2) is 17.3 Å². The Balaban J connectivity index is 3.00. The molecule has 3 nitrogen and oxygen atoms in total. The van der Waals surface area contributed by atoms with Crippen molar-refractivity contribution in [3.63, 3.8) is 0 Å². The summed E-state index contributed by atoms with van der Waals surface area (Å²) in [6.07, 6.45) is -5.84. The van der Waals surface area contributed by atoms with Crippen LogP contribution in [0.25, 0.3) is 0 Å². The molecule has 1 N–H and O–H groups in total. The van der Waals surface area contributed by atoms with Gasteiger partial charge in [0.05, 0.1) is 2.74 Å². The summed E-state index contributed by atoms with van der Waals surface area (Å²) in [4.78, 5) is 12.8. The van der Waals surface area contributed by atoms with Crippen molar-refractivity contribution >= 4 is 0 Å². The maximum absolute atomic E-state index is 12.1. The second-order valence-electron chi connectivity index (χ2n) is 2.53. The Morgan fingerprint density at radius 3 is 2.79 bits per heavy atom. The van der Waals surface area contributed by atoms with E-state index in [1.54, 1.807) is 0 Å². The van der Waals surface area contributed by atoms with E-state index in [9.17, 15) is 18.0 Å².